The first-order valence-electron chi connectivity index (χ1n) is 10.6. The number of amides is 1. The van der Waals surface area contributed by atoms with Gasteiger partial charge in [0.1, 0.15) is 34.3 Å². The molecule has 0 aliphatic carbocycles. The normalized spacial score (nSPS) is 18.2. The van der Waals surface area contributed by atoms with E-state index in [9.17, 15) is 9.59 Å². The molecule has 9 nitrogen and oxygen atoms in total. The molecule has 0 saturated heterocycles. The molecule has 3 aromatic rings. The number of hydrogen-bond acceptors (Lipinski definition) is 7. The van der Waals surface area contributed by atoms with Crippen LogP contribution in [-0.4, -0.2) is 48.0 Å². The number of imidazole rings is 1. The van der Waals surface area contributed by atoms with Gasteiger partial charge in [-0.25, -0.2) is 4.98 Å². The molecule has 0 fully saturated rings. The van der Waals surface area contributed by atoms with Crippen molar-refractivity contribution in [2.75, 3.05) is 25.7 Å². The van der Waals surface area contributed by atoms with Crippen LogP contribution in [0.1, 0.15) is 26.1 Å². The number of Topliss-reactive ketones (excluding diaryl/α,β-unsaturated/α-hetero) is 1. The van der Waals surface area contributed by atoms with Gasteiger partial charge in [-0.2, -0.15) is 0 Å². The van der Waals surface area contributed by atoms with E-state index in [1.807, 2.05) is 31.2 Å². The second-order valence-electron chi connectivity index (χ2n) is 8.11. The Hall–Kier alpha value is -4.01. The summed E-state index contributed by atoms with van der Waals surface area (Å²) in [5, 5.41) is 2.78. The van der Waals surface area contributed by atoms with Crippen LogP contribution in [0.5, 0.6) is 11.5 Å². The maximum Gasteiger partial charge on any atom is 0.216 e. The molecule has 1 aromatic heterocycles. The van der Waals surface area contributed by atoms with Gasteiger partial charge in [-0.1, -0.05) is 12.1 Å². The van der Waals surface area contributed by atoms with Crippen molar-refractivity contribution in [1.29, 1.82) is 0 Å². The number of fused-ring (bicyclic) bond motifs is 1. The van der Waals surface area contributed by atoms with Crippen molar-refractivity contribution in [3.63, 3.8) is 0 Å². The van der Waals surface area contributed by atoms with Crippen molar-refractivity contribution < 1.29 is 19.1 Å². The van der Waals surface area contributed by atoms with E-state index >= 15 is 0 Å². The van der Waals surface area contributed by atoms with Crippen molar-refractivity contribution in [2.24, 2.45) is 5.73 Å². The number of benzene rings is 2. The first kappa shape index (κ1) is 22.2. The molecule has 172 valence electrons. The van der Waals surface area contributed by atoms with Crippen molar-refractivity contribution in [3.8, 4) is 11.5 Å². The second kappa shape index (κ2) is 8.50. The fourth-order valence-corrected chi connectivity index (χ4v) is 4.22. The van der Waals surface area contributed by atoms with Crippen molar-refractivity contribution >= 4 is 34.0 Å². The molecule has 4 N–H and O–H groups in total. The Bertz CT molecular complexity index is 1210. The molecule has 0 unspecified atom stereocenters. The average Bonchev–Trinajstić information content (AvgIpc) is 3.29. The molecular weight excluding hydrogens is 422 g/mol. The van der Waals surface area contributed by atoms with Crippen LogP contribution in [0.4, 0.5) is 5.69 Å². The van der Waals surface area contributed by atoms with Crippen LogP contribution < -0.4 is 25.4 Å². The fourth-order valence-electron chi connectivity index (χ4n) is 4.22. The summed E-state index contributed by atoms with van der Waals surface area (Å²) in [5.74, 6) is 1.43. The molecule has 1 aliphatic rings. The Balaban J connectivity index is 1.86. The first-order chi connectivity index (χ1) is 15.8. The molecule has 2 aromatic carbocycles. The van der Waals surface area contributed by atoms with Gasteiger partial charge in [-0.05, 0) is 25.5 Å². The minimum atomic E-state index is -1.07. The van der Waals surface area contributed by atoms with Crippen LogP contribution in [0.25, 0.3) is 16.6 Å². The quantitative estimate of drug-likeness (QED) is 0.507. The average molecular weight is 450 g/mol. The number of carbonyl (C=O) groups is 2. The van der Waals surface area contributed by atoms with E-state index in [1.165, 1.54) is 6.92 Å². The summed E-state index contributed by atoms with van der Waals surface area (Å²) in [7, 11) is 3.12. The summed E-state index contributed by atoms with van der Waals surface area (Å²) in [5.41, 5.74) is 8.06. The highest BCUT2D eigenvalue weighted by atomic mass is 16.5. The number of ketones is 1. The topological polar surface area (TPSA) is 123 Å². The number of anilines is 1. The molecule has 2 heterocycles. The summed E-state index contributed by atoms with van der Waals surface area (Å²) in [6.07, 6.45) is 0.329. The van der Waals surface area contributed by atoms with E-state index in [0.29, 0.717) is 41.5 Å². The van der Waals surface area contributed by atoms with Crippen molar-refractivity contribution in [3.05, 3.63) is 54.1 Å². The van der Waals surface area contributed by atoms with E-state index in [0.717, 1.165) is 11.0 Å². The minimum absolute atomic E-state index is 0.169. The Labute approximate surface area is 191 Å². The van der Waals surface area contributed by atoms with Crippen LogP contribution in [0.2, 0.25) is 0 Å². The predicted molar refractivity (Wildman–Crippen MR) is 126 cm³/mol. The number of nitrogens with one attached hydrogen (secondary N) is 2. The Morgan fingerprint density at radius 1 is 1.18 bits per heavy atom. The van der Waals surface area contributed by atoms with E-state index in [1.54, 1.807) is 37.3 Å². The monoisotopic (exact) mass is 449 g/mol. The number of H-pyrrole nitrogens is 1. The number of methoxy groups -OCH3 is 2. The zero-order chi connectivity index (χ0) is 23.8. The third-order valence-corrected chi connectivity index (χ3v) is 5.91. The lowest BCUT2D eigenvalue weighted by molar-refractivity contribution is -0.120. The highest BCUT2D eigenvalue weighted by molar-refractivity contribution is 6.29. The maximum atomic E-state index is 13.9. The molecule has 0 bridgehead atoms. The minimum Gasteiger partial charge on any atom is -0.497 e. The van der Waals surface area contributed by atoms with Gasteiger partial charge in [-0.3, -0.25) is 9.59 Å². The van der Waals surface area contributed by atoms with E-state index < -0.39 is 5.54 Å². The summed E-state index contributed by atoms with van der Waals surface area (Å²) in [6.45, 7) is 3.55. The Kier molecular flexibility index (Phi) is 5.71. The summed E-state index contributed by atoms with van der Waals surface area (Å²) in [4.78, 5) is 34.9. The molecule has 9 heteroatoms. The van der Waals surface area contributed by atoms with Crippen LogP contribution in [0, 0.1) is 0 Å². The highest BCUT2D eigenvalue weighted by Gasteiger charge is 2.50. The van der Waals surface area contributed by atoms with Gasteiger partial charge in [0.2, 0.25) is 5.91 Å². The SMILES string of the molecule is COc1cc(OC)cc(N2C(N)=C(c3nc4ccccc4[nH]3)C(=O)[C@@]2(C)CCNC(C)=O)c1. The molecule has 4 rings (SSSR count). The van der Waals surface area contributed by atoms with Crippen LogP contribution in [0.3, 0.4) is 0 Å². The Morgan fingerprint density at radius 3 is 2.45 bits per heavy atom. The number of hydrogen-bond donors (Lipinski definition) is 3. The van der Waals surface area contributed by atoms with Crippen molar-refractivity contribution in [2.45, 2.75) is 25.8 Å². The number of carbonyl (C=O) groups excluding carboxylic acids is 2. The number of nitrogens with two attached hydrogens (primary N) is 1. The van der Waals surface area contributed by atoms with Gasteiger partial charge in [0, 0.05) is 31.7 Å². The third kappa shape index (κ3) is 3.86. The van der Waals surface area contributed by atoms with Gasteiger partial charge in [0.15, 0.2) is 5.78 Å². The fraction of sp³-hybridized carbons (Fsp3) is 0.292. The number of nitrogens with zero attached hydrogens (tertiary/aromatic N) is 2. The van der Waals surface area contributed by atoms with Gasteiger partial charge in [0.05, 0.1) is 30.9 Å². The van der Waals surface area contributed by atoms with Gasteiger partial charge in [-0.15, -0.1) is 0 Å². The summed E-state index contributed by atoms with van der Waals surface area (Å²) >= 11 is 0. The molecule has 1 amide bonds. The van der Waals surface area contributed by atoms with Crippen LogP contribution in [0.15, 0.2) is 48.3 Å². The Morgan fingerprint density at radius 2 is 1.85 bits per heavy atom. The van der Waals surface area contributed by atoms with Gasteiger partial charge in [0.25, 0.3) is 0 Å². The number of ether oxygens (including phenoxy) is 2. The lowest BCUT2D eigenvalue weighted by Crippen LogP contribution is -2.50. The van der Waals surface area contributed by atoms with E-state index in [-0.39, 0.29) is 17.5 Å². The maximum absolute atomic E-state index is 13.9. The molecular formula is C24H27N5O4. The zero-order valence-corrected chi connectivity index (χ0v) is 19.1. The largest absolute Gasteiger partial charge is 0.497 e. The summed E-state index contributed by atoms with van der Waals surface area (Å²) in [6, 6.07) is 12.9. The van der Waals surface area contributed by atoms with Gasteiger partial charge >= 0.3 is 0 Å². The van der Waals surface area contributed by atoms with Crippen LogP contribution >= 0.6 is 0 Å². The predicted octanol–water partition coefficient (Wildman–Crippen LogP) is 2.58. The lowest BCUT2D eigenvalue weighted by Gasteiger charge is -2.36. The third-order valence-electron chi connectivity index (χ3n) is 5.91. The molecule has 0 radical (unpaired) electrons. The first-order valence-corrected chi connectivity index (χ1v) is 10.6. The zero-order valence-electron chi connectivity index (χ0n) is 19.1. The smallest absolute Gasteiger partial charge is 0.216 e. The number of aromatic amines is 1. The summed E-state index contributed by atoms with van der Waals surface area (Å²) < 4.78 is 10.9. The molecule has 1 aliphatic heterocycles. The number of aromatic nitrogens is 2. The lowest BCUT2D eigenvalue weighted by atomic mass is 9.89. The number of rotatable bonds is 7. The standard InChI is InChI=1S/C24H27N5O4/c1-14(30)26-10-9-24(2)21(31)20(23-27-18-7-5-6-8-19(18)28-23)22(25)29(24)15-11-16(32-3)13-17(12-15)33-4/h5-8,11-13H,9-10,25H2,1-4H3,(H,26,30)(H,27,28)/t24-/m1/s1. The van der Waals surface area contributed by atoms with E-state index in [4.69, 9.17) is 15.2 Å². The molecule has 1 atom stereocenters. The molecule has 0 saturated carbocycles. The molecule has 0 spiro atoms. The number of para-hydroxylation sites is 2. The highest BCUT2D eigenvalue weighted by Crippen LogP contribution is 2.43. The van der Waals surface area contributed by atoms with E-state index in [2.05, 4.69) is 15.3 Å². The second-order valence-corrected chi connectivity index (χ2v) is 8.11. The van der Waals surface area contributed by atoms with Crippen molar-refractivity contribution in [1.82, 2.24) is 15.3 Å². The van der Waals surface area contributed by atoms with Crippen LogP contribution in [-0.2, 0) is 9.59 Å². The van der Waals surface area contributed by atoms with Gasteiger partial charge < -0.3 is 30.4 Å². The molecule has 33 heavy (non-hydrogen) atoms.